The largest absolute Gasteiger partial charge is 0.302 e. The predicted molar refractivity (Wildman–Crippen MR) is 30.7 cm³/mol. The SMILES string of the molecule is N#CNC(=O)SS. The zero-order valence-corrected chi connectivity index (χ0v) is 4.92. The molecule has 0 spiro atoms. The van der Waals surface area contributed by atoms with Gasteiger partial charge in [-0.1, -0.05) is 0 Å². The molecule has 0 aliphatic heterocycles. The molecule has 5 heteroatoms. The summed E-state index contributed by atoms with van der Waals surface area (Å²) in [6, 6.07) is 0. The Morgan fingerprint density at radius 3 is 2.71 bits per heavy atom. The molecule has 0 unspecified atom stereocenters. The van der Waals surface area contributed by atoms with E-state index in [1.165, 1.54) is 6.19 Å². The molecule has 0 rings (SSSR count). The van der Waals surface area contributed by atoms with Crippen molar-refractivity contribution in [3.8, 4) is 6.19 Å². The molecule has 0 aromatic carbocycles. The molecule has 0 aliphatic carbocycles. The number of amides is 1. The van der Waals surface area contributed by atoms with Crippen LogP contribution in [0.25, 0.3) is 0 Å². The van der Waals surface area contributed by atoms with Gasteiger partial charge in [0, 0.05) is 10.8 Å². The maximum Gasteiger partial charge on any atom is 0.302 e. The van der Waals surface area contributed by atoms with Crippen LogP contribution in [0.3, 0.4) is 0 Å². The minimum Gasteiger partial charge on any atom is -0.260 e. The van der Waals surface area contributed by atoms with E-state index in [4.69, 9.17) is 5.26 Å². The Labute approximate surface area is 49.9 Å². The number of thiol groups is 1. The molecule has 1 N–H and O–H groups in total. The Morgan fingerprint density at radius 2 is 2.57 bits per heavy atom. The first-order valence-corrected chi connectivity index (χ1v) is 3.18. The molecular formula is C2H2N2OS2. The number of hydrogen-bond acceptors (Lipinski definition) is 4. The van der Waals surface area contributed by atoms with Gasteiger partial charge in [-0.25, -0.2) is 0 Å². The first-order valence-electron chi connectivity index (χ1n) is 1.31. The van der Waals surface area contributed by atoms with Crippen LogP contribution in [-0.2, 0) is 0 Å². The summed E-state index contributed by atoms with van der Waals surface area (Å²) in [5.74, 6) is 0. The van der Waals surface area contributed by atoms with Gasteiger partial charge in [-0.2, -0.15) is 5.26 Å². The number of rotatable bonds is 0. The molecule has 0 atom stereocenters. The van der Waals surface area contributed by atoms with E-state index in [0.717, 1.165) is 0 Å². The molecule has 0 saturated carbocycles. The third-order valence-corrected chi connectivity index (χ3v) is 1.01. The second kappa shape index (κ2) is 3.84. The summed E-state index contributed by atoms with van der Waals surface area (Å²) in [6.45, 7) is 0. The van der Waals surface area contributed by atoms with Gasteiger partial charge in [0.25, 0.3) is 0 Å². The fraction of sp³-hybridized carbons (Fsp3) is 0. The van der Waals surface area contributed by atoms with Crippen LogP contribution in [0.2, 0.25) is 0 Å². The number of hydrogen-bond donors (Lipinski definition) is 2. The van der Waals surface area contributed by atoms with Crippen molar-refractivity contribution in [1.29, 1.82) is 5.26 Å². The van der Waals surface area contributed by atoms with Crippen LogP contribution in [0.15, 0.2) is 0 Å². The Bertz CT molecular complexity index is 107. The van der Waals surface area contributed by atoms with Crippen molar-refractivity contribution >= 4 is 27.7 Å². The zero-order valence-electron chi connectivity index (χ0n) is 3.21. The van der Waals surface area contributed by atoms with Crippen molar-refractivity contribution < 1.29 is 4.79 Å². The molecule has 0 saturated heterocycles. The van der Waals surface area contributed by atoms with Crippen molar-refractivity contribution in [1.82, 2.24) is 5.32 Å². The lowest BCUT2D eigenvalue weighted by molar-refractivity contribution is 0.264. The number of carbonyl (C=O) groups is 1. The van der Waals surface area contributed by atoms with Crippen LogP contribution in [0.1, 0.15) is 0 Å². The highest BCUT2D eigenvalue weighted by Crippen LogP contribution is 2.03. The van der Waals surface area contributed by atoms with Crippen molar-refractivity contribution in [2.24, 2.45) is 0 Å². The van der Waals surface area contributed by atoms with Crippen molar-refractivity contribution in [3.63, 3.8) is 0 Å². The average molecular weight is 134 g/mol. The summed E-state index contributed by atoms with van der Waals surface area (Å²) in [6.07, 6.45) is 1.45. The molecule has 0 aromatic rings. The topological polar surface area (TPSA) is 52.9 Å². The molecule has 0 radical (unpaired) electrons. The number of nitriles is 1. The predicted octanol–water partition coefficient (Wildman–Crippen LogP) is 0.755. The van der Waals surface area contributed by atoms with Gasteiger partial charge in [-0.05, 0) is 0 Å². The Balaban J connectivity index is 3.23. The average Bonchev–Trinajstić information content (AvgIpc) is 1.68. The maximum atomic E-state index is 9.96. The first kappa shape index (κ1) is 6.66. The van der Waals surface area contributed by atoms with Crippen LogP contribution in [0.4, 0.5) is 4.79 Å². The molecule has 0 fully saturated rings. The van der Waals surface area contributed by atoms with E-state index in [1.807, 2.05) is 5.32 Å². The smallest absolute Gasteiger partial charge is 0.260 e. The van der Waals surface area contributed by atoms with Gasteiger partial charge in [0.2, 0.25) is 0 Å². The van der Waals surface area contributed by atoms with Crippen LogP contribution in [0, 0.1) is 11.5 Å². The van der Waals surface area contributed by atoms with E-state index in [-0.39, 0.29) is 0 Å². The molecule has 1 amide bonds. The van der Waals surface area contributed by atoms with Crippen LogP contribution in [-0.4, -0.2) is 5.24 Å². The van der Waals surface area contributed by atoms with E-state index >= 15 is 0 Å². The van der Waals surface area contributed by atoms with Crippen LogP contribution >= 0.6 is 22.5 Å². The van der Waals surface area contributed by atoms with Crippen molar-refractivity contribution in [2.75, 3.05) is 0 Å². The van der Waals surface area contributed by atoms with E-state index in [0.29, 0.717) is 10.8 Å². The molecule has 3 nitrogen and oxygen atoms in total. The third-order valence-electron chi connectivity index (χ3n) is 0.241. The van der Waals surface area contributed by atoms with Gasteiger partial charge < -0.3 is 0 Å². The summed E-state index contributed by atoms with van der Waals surface area (Å²) in [5.41, 5.74) is 0. The minimum atomic E-state index is -0.453. The van der Waals surface area contributed by atoms with E-state index < -0.39 is 5.24 Å². The summed E-state index contributed by atoms with van der Waals surface area (Å²) in [4.78, 5) is 9.96. The molecule has 38 valence electrons. The molecule has 0 heterocycles. The number of carbonyl (C=O) groups excluding carboxylic acids is 1. The van der Waals surface area contributed by atoms with Gasteiger partial charge in [0.05, 0.1) is 0 Å². The van der Waals surface area contributed by atoms with E-state index in [9.17, 15) is 4.79 Å². The number of nitrogens with zero attached hydrogens (tertiary/aromatic N) is 1. The molecule has 0 bridgehead atoms. The molecule has 0 aliphatic rings. The second-order valence-electron chi connectivity index (χ2n) is 0.616. The fourth-order valence-corrected chi connectivity index (χ4v) is 0.297. The van der Waals surface area contributed by atoms with Gasteiger partial charge in [-0.3, -0.25) is 10.1 Å². The minimum absolute atomic E-state index is 0.453. The molecular weight excluding hydrogens is 132 g/mol. The van der Waals surface area contributed by atoms with E-state index in [1.54, 1.807) is 0 Å². The Hall–Kier alpha value is -0.340. The van der Waals surface area contributed by atoms with Crippen molar-refractivity contribution in [3.05, 3.63) is 0 Å². The van der Waals surface area contributed by atoms with Gasteiger partial charge in [0.15, 0.2) is 6.19 Å². The Kier molecular flexibility index (Phi) is 3.65. The van der Waals surface area contributed by atoms with Crippen LogP contribution < -0.4 is 5.32 Å². The zero-order chi connectivity index (χ0) is 5.70. The summed E-state index contributed by atoms with van der Waals surface area (Å²) in [7, 11) is 0.671. The van der Waals surface area contributed by atoms with Crippen molar-refractivity contribution in [2.45, 2.75) is 0 Å². The lowest BCUT2D eigenvalue weighted by atomic mass is 11.2. The monoisotopic (exact) mass is 134 g/mol. The van der Waals surface area contributed by atoms with Gasteiger partial charge in [-0.15, -0.1) is 11.7 Å². The fourth-order valence-electron chi connectivity index (χ4n) is 0.0685. The normalized spacial score (nSPS) is 6.86. The highest BCUT2D eigenvalue weighted by atomic mass is 33.1. The number of nitrogens with one attached hydrogen (secondary N) is 1. The highest BCUT2D eigenvalue weighted by Gasteiger charge is 1.91. The quantitative estimate of drug-likeness (QED) is 0.222. The third kappa shape index (κ3) is 3.49. The first-order chi connectivity index (χ1) is 3.31. The van der Waals surface area contributed by atoms with E-state index in [2.05, 4.69) is 11.7 Å². The standard InChI is InChI=1S/C2H2N2OS2/c3-1-4-2(5)7-6/h6H,(H,4,5). The van der Waals surface area contributed by atoms with Gasteiger partial charge in [0.1, 0.15) is 0 Å². The Morgan fingerprint density at radius 1 is 2.00 bits per heavy atom. The highest BCUT2D eigenvalue weighted by molar-refractivity contribution is 8.74. The lowest BCUT2D eigenvalue weighted by Crippen LogP contribution is -2.08. The van der Waals surface area contributed by atoms with Crippen LogP contribution in [0.5, 0.6) is 0 Å². The summed E-state index contributed by atoms with van der Waals surface area (Å²) < 4.78 is 0. The summed E-state index contributed by atoms with van der Waals surface area (Å²) in [5, 5.41) is 9.13. The molecule has 7 heavy (non-hydrogen) atoms. The second-order valence-corrected chi connectivity index (χ2v) is 1.72. The summed E-state index contributed by atoms with van der Waals surface area (Å²) >= 11 is 3.50. The lowest BCUT2D eigenvalue weighted by Gasteiger charge is -1.82. The van der Waals surface area contributed by atoms with Gasteiger partial charge >= 0.3 is 5.24 Å². The molecule has 0 aromatic heterocycles. The maximum absolute atomic E-state index is 9.96.